The number of rotatable bonds is 7. The van der Waals surface area contributed by atoms with E-state index >= 15 is 0 Å². The van der Waals surface area contributed by atoms with Crippen molar-refractivity contribution in [1.29, 1.82) is 5.26 Å². The summed E-state index contributed by atoms with van der Waals surface area (Å²) in [7, 11) is 0. The van der Waals surface area contributed by atoms with Crippen molar-refractivity contribution in [2.45, 2.75) is 39.2 Å². The largest absolute Gasteiger partial charge is 0.354 e. The van der Waals surface area contributed by atoms with Crippen molar-refractivity contribution in [3.05, 3.63) is 65.2 Å². The highest BCUT2D eigenvalue weighted by Gasteiger charge is 2.34. The summed E-state index contributed by atoms with van der Waals surface area (Å²) in [6.45, 7) is 5.34. The van der Waals surface area contributed by atoms with Gasteiger partial charge in [0.15, 0.2) is 0 Å². The minimum atomic E-state index is -0.466. The van der Waals surface area contributed by atoms with Crippen LogP contribution in [-0.4, -0.2) is 41.8 Å². The minimum absolute atomic E-state index is 0.109. The quantitative estimate of drug-likeness (QED) is 0.698. The summed E-state index contributed by atoms with van der Waals surface area (Å²) < 4.78 is 0. The van der Waals surface area contributed by atoms with Crippen LogP contribution in [0.3, 0.4) is 0 Å². The number of benzene rings is 2. The lowest BCUT2D eigenvalue weighted by atomic mass is 10.1. The van der Waals surface area contributed by atoms with Crippen LogP contribution in [0.2, 0.25) is 0 Å². The fourth-order valence-electron chi connectivity index (χ4n) is 3.68. The Kier molecular flexibility index (Phi) is 7.61. The number of nitrogens with one attached hydrogen (secondary N) is 2. The minimum Gasteiger partial charge on any atom is -0.354 e. The molecule has 1 heterocycles. The van der Waals surface area contributed by atoms with Crippen LogP contribution in [0, 0.1) is 17.2 Å². The van der Waals surface area contributed by atoms with Crippen LogP contribution in [-0.2, 0) is 4.79 Å². The first-order valence-electron chi connectivity index (χ1n) is 10.9. The molecule has 1 aliphatic rings. The zero-order chi connectivity index (χ0) is 23.1. The van der Waals surface area contributed by atoms with Gasteiger partial charge in [-0.05, 0) is 67.6 Å². The molecule has 2 aromatic rings. The molecule has 7 nitrogen and oxygen atoms in total. The monoisotopic (exact) mass is 432 g/mol. The predicted molar refractivity (Wildman–Crippen MR) is 122 cm³/mol. The second-order valence-corrected chi connectivity index (χ2v) is 8.35. The first-order valence-corrected chi connectivity index (χ1v) is 10.9. The van der Waals surface area contributed by atoms with E-state index in [0.29, 0.717) is 47.8 Å². The van der Waals surface area contributed by atoms with Crippen LogP contribution >= 0.6 is 0 Å². The standard InChI is InChI=1S/C25H28N4O3/c1-17(2)12-13-27-24(31)22-7-4-14-29(22)25(32)20-5-3-6-21(15-20)28-23(30)19-10-8-18(16-26)9-11-19/h3,5-6,8-11,15,17,22H,4,7,12-14H2,1-2H3,(H,27,31)(H,28,30)/t22-/m1/s1. The van der Waals surface area contributed by atoms with Crippen LogP contribution < -0.4 is 10.6 Å². The maximum Gasteiger partial charge on any atom is 0.255 e. The topological polar surface area (TPSA) is 102 Å². The molecule has 2 aromatic carbocycles. The van der Waals surface area contributed by atoms with E-state index in [1.807, 2.05) is 6.07 Å². The van der Waals surface area contributed by atoms with Gasteiger partial charge in [0.25, 0.3) is 11.8 Å². The van der Waals surface area contributed by atoms with Gasteiger partial charge in [-0.15, -0.1) is 0 Å². The lowest BCUT2D eigenvalue weighted by molar-refractivity contribution is -0.124. The first kappa shape index (κ1) is 23.0. The van der Waals surface area contributed by atoms with Crippen molar-refractivity contribution < 1.29 is 14.4 Å². The Bertz CT molecular complexity index is 1020. The SMILES string of the molecule is CC(C)CCNC(=O)[C@H]1CCCN1C(=O)c1cccc(NC(=O)c2ccc(C#N)cc2)c1. The van der Waals surface area contributed by atoms with Gasteiger partial charge >= 0.3 is 0 Å². The van der Waals surface area contributed by atoms with Crippen LogP contribution in [0.4, 0.5) is 5.69 Å². The van der Waals surface area contributed by atoms with E-state index in [4.69, 9.17) is 5.26 Å². The Morgan fingerprint density at radius 3 is 2.56 bits per heavy atom. The van der Waals surface area contributed by atoms with Crippen LogP contribution in [0.5, 0.6) is 0 Å². The van der Waals surface area contributed by atoms with Gasteiger partial charge in [0.1, 0.15) is 6.04 Å². The summed E-state index contributed by atoms with van der Waals surface area (Å²) in [4.78, 5) is 39.8. The van der Waals surface area contributed by atoms with Crippen molar-refractivity contribution in [3.8, 4) is 6.07 Å². The molecule has 3 rings (SSSR count). The fourth-order valence-corrected chi connectivity index (χ4v) is 3.68. The molecule has 0 aromatic heterocycles. The van der Waals surface area contributed by atoms with E-state index in [0.717, 1.165) is 12.8 Å². The first-order chi connectivity index (χ1) is 15.4. The van der Waals surface area contributed by atoms with Crippen molar-refractivity contribution in [1.82, 2.24) is 10.2 Å². The highest BCUT2D eigenvalue weighted by Crippen LogP contribution is 2.22. The number of nitrogens with zero attached hydrogens (tertiary/aromatic N) is 2. The molecule has 2 N–H and O–H groups in total. The lowest BCUT2D eigenvalue weighted by Gasteiger charge is -2.24. The van der Waals surface area contributed by atoms with E-state index in [1.54, 1.807) is 53.4 Å². The molecule has 166 valence electrons. The van der Waals surface area contributed by atoms with Crippen molar-refractivity contribution in [2.24, 2.45) is 5.92 Å². The Hall–Kier alpha value is -3.66. The van der Waals surface area contributed by atoms with Gasteiger partial charge in [0.05, 0.1) is 11.6 Å². The van der Waals surface area contributed by atoms with E-state index in [9.17, 15) is 14.4 Å². The summed E-state index contributed by atoms with van der Waals surface area (Å²) in [6, 6.07) is 14.6. The molecule has 1 fully saturated rings. The average molecular weight is 433 g/mol. The molecule has 0 radical (unpaired) electrons. The molecule has 0 bridgehead atoms. The molecular weight excluding hydrogens is 404 g/mol. The average Bonchev–Trinajstić information content (AvgIpc) is 3.28. The number of hydrogen-bond acceptors (Lipinski definition) is 4. The summed E-state index contributed by atoms with van der Waals surface area (Å²) in [6.07, 6.45) is 2.32. The van der Waals surface area contributed by atoms with Gasteiger partial charge in [-0.25, -0.2) is 0 Å². The zero-order valence-electron chi connectivity index (χ0n) is 18.4. The third kappa shape index (κ3) is 5.73. The lowest BCUT2D eigenvalue weighted by Crippen LogP contribution is -2.46. The second-order valence-electron chi connectivity index (χ2n) is 8.35. The summed E-state index contributed by atoms with van der Waals surface area (Å²) in [5.74, 6) is -0.163. The van der Waals surface area contributed by atoms with Crippen molar-refractivity contribution in [2.75, 3.05) is 18.4 Å². The highest BCUT2D eigenvalue weighted by atomic mass is 16.2. The molecule has 0 unspecified atom stereocenters. The Morgan fingerprint density at radius 1 is 1.12 bits per heavy atom. The Labute approximate surface area is 188 Å². The number of carbonyl (C=O) groups excluding carboxylic acids is 3. The number of hydrogen-bond donors (Lipinski definition) is 2. The molecule has 0 spiro atoms. The number of amides is 3. The van der Waals surface area contributed by atoms with Crippen LogP contribution in [0.15, 0.2) is 48.5 Å². The van der Waals surface area contributed by atoms with Crippen LogP contribution in [0.1, 0.15) is 59.4 Å². The van der Waals surface area contributed by atoms with Gasteiger partial charge in [-0.2, -0.15) is 5.26 Å². The Morgan fingerprint density at radius 2 is 1.88 bits per heavy atom. The smallest absolute Gasteiger partial charge is 0.255 e. The van der Waals surface area contributed by atoms with E-state index in [-0.39, 0.29) is 17.7 Å². The summed E-state index contributed by atoms with van der Waals surface area (Å²) >= 11 is 0. The maximum absolute atomic E-state index is 13.1. The maximum atomic E-state index is 13.1. The zero-order valence-corrected chi connectivity index (χ0v) is 18.4. The van der Waals surface area contributed by atoms with E-state index < -0.39 is 6.04 Å². The van der Waals surface area contributed by atoms with Gasteiger partial charge in [-0.3, -0.25) is 14.4 Å². The van der Waals surface area contributed by atoms with Crippen molar-refractivity contribution in [3.63, 3.8) is 0 Å². The molecule has 0 saturated carbocycles. The predicted octanol–water partition coefficient (Wildman–Crippen LogP) is 3.58. The van der Waals surface area contributed by atoms with Gasteiger partial charge < -0.3 is 15.5 Å². The number of anilines is 1. The summed E-state index contributed by atoms with van der Waals surface area (Å²) in [5.41, 5.74) is 1.80. The molecular formula is C25H28N4O3. The molecule has 32 heavy (non-hydrogen) atoms. The highest BCUT2D eigenvalue weighted by molar-refractivity contribution is 6.05. The van der Waals surface area contributed by atoms with Crippen LogP contribution in [0.25, 0.3) is 0 Å². The normalized spacial score (nSPS) is 15.3. The molecule has 1 atom stereocenters. The van der Waals surface area contributed by atoms with E-state index in [2.05, 4.69) is 24.5 Å². The third-order valence-electron chi connectivity index (χ3n) is 5.48. The number of likely N-dealkylation sites (tertiary alicyclic amines) is 1. The number of carbonyl (C=O) groups is 3. The van der Waals surface area contributed by atoms with Gasteiger partial charge in [0, 0.05) is 29.9 Å². The molecule has 0 aliphatic carbocycles. The molecule has 3 amide bonds. The van der Waals surface area contributed by atoms with Crippen molar-refractivity contribution >= 4 is 23.4 Å². The van der Waals surface area contributed by atoms with Gasteiger partial charge in [-0.1, -0.05) is 19.9 Å². The third-order valence-corrected chi connectivity index (χ3v) is 5.48. The van der Waals surface area contributed by atoms with Gasteiger partial charge in [0.2, 0.25) is 5.91 Å². The molecule has 1 aliphatic heterocycles. The summed E-state index contributed by atoms with van der Waals surface area (Å²) in [5, 5.41) is 14.6. The second kappa shape index (κ2) is 10.6. The molecule has 7 heteroatoms. The van der Waals surface area contributed by atoms with E-state index in [1.165, 1.54) is 0 Å². The molecule has 1 saturated heterocycles. The fraction of sp³-hybridized carbons (Fsp3) is 0.360. The number of nitriles is 1. The Balaban J connectivity index is 1.66.